The zero-order chi connectivity index (χ0) is 17.7. The number of piperidine rings is 1. The Labute approximate surface area is 160 Å². The molecule has 6 nitrogen and oxygen atoms in total. The van der Waals surface area contributed by atoms with E-state index in [1.165, 1.54) is 5.56 Å². The van der Waals surface area contributed by atoms with Gasteiger partial charge in [-0.3, -0.25) is 9.48 Å². The fraction of sp³-hybridized carbons (Fsp3) is 0.474. The topological polar surface area (TPSA) is 68.2 Å². The minimum absolute atomic E-state index is 0. The number of rotatable bonds is 6. The molecule has 1 amide bonds. The Balaban J connectivity index is 0.00000243. The van der Waals surface area contributed by atoms with Crippen molar-refractivity contribution in [1.29, 1.82) is 0 Å². The second kappa shape index (κ2) is 9.05. The molecule has 1 aromatic heterocycles. The molecule has 0 aliphatic carbocycles. The number of aryl methyl sites for hydroxylation is 1. The summed E-state index contributed by atoms with van der Waals surface area (Å²) < 4.78 is 7.68. The van der Waals surface area contributed by atoms with Gasteiger partial charge in [0.25, 0.3) is 0 Å². The Bertz CT molecular complexity index is 682. The lowest BCUT2D eigenvalue weighted by atomic mass is 9.87. The summed E-state index contributed by atoms with van der Waals surface area (Å²) in [4.78, 5) is 13.0. The highest BCUT2D eigenvalue weighted by Crippen LogP contribution is 2.27. The number of nitrogens with zero attached hydrogens (tertiary/aromatic N) is 2. The first-order valence-electron chi connectivity index (χ1n) is 8.83. The van der Waals surface area contributed by atoms with Gasteiger partial charge >= 0.3 is 0 Å². The fourth-order valence-electron chi connectivity index (χ4n) is 3.21. The maximum Gasteiger partial charge on any atom is 0.248 e. The number of nitrogens with one attached hydrogen (secondary N) is 2. The summed E-state index contributed by atoms with van der Waals surface area (Å²) in [5, 5.41) is 10.7. The van der Waals surface area contributed by atoms with E-state index in [1.807, 2.05) is 50.4 Å². The van der Waals surface area contributed by atoms with Crippen molar-refractivity contribution < 1.29 is 9.53 Å². The van der Waals surface area contributed by atoms with Gasteiger partial charge in [-0.15, -0.1) is 12.4 Å². The Morgan fingerprint density at radius 1 is 1.35 bits per heavy atom. The number of halogens is 1. The average molecular weight is 379 g/mol. The number of ether oxygens (including phenoxy) is 1. The molecule has 1 unspecified atom stereocenters. The maximum atomic E-state index is 13.0. The number of carbonyl (C=O) groups excluding carboxylic acids is 1. The van der Waals surface area contributed by atoms with Gasteiger partial charge in [0.1, 0.15) is 17.4 Å². The summed E-state index contributed by atoms with van der Waals surface area (Å²) in [5.74, 6) is 0.827. The molecule has 1 fully saturated rings. The van der Waals surface area contributed by atoms with Crippen molar-refractivity contribution in [1.82, 2.24) is 20.4 Å². The molecule has 0 bridgehead atoms. The van der Waals surface area contributed by atoms with Crippen LogP contribution < -0.4 is 15.4 Å². The summed E-state index contributed by atoms with van der Waals surface area (Å²) in [5.41, 5.74) is 0.582. The molecule has 0 radical (unpaired) electrons. The molecule has 142 valence electrons. The number of amides is 1. The second-order valence-electron chi connectivity index (χ2n) is 6.68. The number of aromatic nitrogens is 2. The van der Waals surface area contributed by atoms with Crippen LogP contribution in [-0.2, 0) is 10.3 Å². The number of carbonyl (C=O) groups is 1. The first-order chi connectivity index (χ1) is 12.1. The number of benzene rings is 1. The predicted molar refractivity (Wildman–Crippen MR) is 104 cm³/mol. The van der Waals surface area contributed by atoms with Crippen molar-refractivity contribution in [2.24, 2.45) is 0 Å². The standard InChI is InChI=1S/C19H26N4O2.ClH/c1-15-4-6-17(7-5-15)25-16(2)14-21-18(24)19(8-11-20-12-9-19)23-13-3-10-22-23;/h3-7,10,13,16,20H,8-9,11-12,14H2,1-2H3,(H,21,24);1H. The summed E-state index contributed by atoms with van der Waals surface area (Å²) in [6.07, 6.45) is 4.95. The van der Waals surface area contributed by atoms with Gasteiger partial charge in [-0.05, 0) is 58.0 Å². The van der Waals surface area contributed by atoms with Crippen LogP contribution in [0.15, 0.2) is 42.7 Å². The first kappa shape index (κ1) is 20.3. The molecule has 26 heavy (non-hydrogen) atoms. The molecule has 1 aliphatic heterocycles. The largest absolute Gasteiger partial charge is 0.489 e. The molecular formula is C19H27ClN4O2. The first-order valence-corrected chi connectivity index (χ1v) is 8.83. The predicted octanol–water partition coefficient (Wildman–Crippen LogP) is 2.28. The van der Waals surface area contributed by atoms with E-state index in [2.05, 4.69) is 15.7 Å². The molecule has 2 N–H and O–H groups in total. The van der Waals surface area contributed by atoms with Crippen LogP contribution >= 0.6 is 12.4 Å². The van der Waals surface area contributed by atoms with Gasteiger partial charge in [0, 0.05) is 12.4 Å². The van der Waals surface area contributed by atoms with Gasteiger partial charge in [-0.2, -0.15) is 5.10 Å². The van der Waals surface area contributed by atoms with E-state index in [-0.39, 0.29) is 24.4 Å². The second-order valence-corrected chi connectivity index (χ2v) is 6.68. The highest BCUT2D eigenvalue weighted by atomic mass is 35.5. The van der Waals surface area contributed by atoms with E-state index < -0.39 is 5.54 Å². The molecule has 2 heterocycles. The van der Waals surface area contributed by atoms with Gasteiger partial charge in [0.2, 0.25) is 5.91 Å². The van der Waals surface area contributed by atoms with Crippen LogP contribution in [0.4, 0.5) is 0 Å². The molecule has 2 aromatic rings. The van der Waals surface area contributed by atoms with Crippen LogP contribution in [0.1, 0.15) is 25.3 Å². The molecule has 0 spiro atoms. The van der Waals surface area contributed by atoms with Crippen molar-refractivity contribution in [3.8, 4) is 5.75 Å². The number of hydrogen-bond acceptors (Lipinski definition) is 4. The zero-order valence-corrected chi connectivity index (χ0v) is 16.1. The molecule has 1 aromatic carbocycles. The van der Waals surface area contributed by atoms with Gasteiger partial charge in [-0.1, -0.05) is 17.7 Å². The van der Waals surface area contributed by atoms with E-state index in [4.69, 9.17) is 4.74 Å². The lowest BCUT2D eigenvalue weighted by Gasteiger charge is -2.36. The molecule has 7 heteroatoms. The maximum absolute atomic E-state index is 13.0. The fourth-order valence-corrected chi connectivity index (χ4v) is 3.21. The van der Waals surface area contributed by atoms with Crippen molar-refractivity contribution in [3.05, 3.63) is 48.3 Å². The van der Waals surface area contributed by atoms with Crippen LogP contribution in [-0.4, -0.2) is 41.4 Å². The lowest BCUT2D eigenvalue weighted by Crippen LogP contribution is -2.55. The molecule has 3 rings (SSSR count). The Morgan fingerprint density at radius 2 is 2.04 bits per heavy atom. The highest BCUT2D eigenvalue weighted by Gasteiger charge is 2.41. The van der Waals surface area contributed by atoms with E-state index in [9.17, 15) is 4.79 Å². The quantitative estimate of drug-likeness (QED) is 0.809. The monoisotopic (exact) mass is 378 g/mol. The smallest absolute Gasteiger partial charge is 0.248 e. The average Bonchev–Trinajstić information content (AvgIpc) is 3.17. The van der Waals surface area contributed by atoms with Crippen molar-refractivity contribution >= 4 is 18.3 Å². The Morgan fingerprint density at radius 3 is 2.65 bits per heavy atom. The van der Waals surface area contributed by atoms with Crippen LogP contribution in [0, 0.1) is 6.92 Å². The molecule has 1 saturated heterocycles. The minimum atomic E-state index is -0.613. The Hall–Kier alpha value is -2.05. The van der Waals surface area contributed by atoms with Gasteiger partial charge in [0.05, 0.1) is 6.54 Å². The van der Waals surface area contributed by atoms with Crippen molar-refractivity contribution in [2.45, 2.75) is 38.3 Å². The van der Waals surface area contributed by atoms with Crippen LogP contribution in [0.2, 0.25) is 0 Å². The minimum Gasteiger partial charge on any atom is -0.489 e. The highest BCUT2D eigenvalue weighted by molar-refractivity contribution is 5.85. The third-order valence-electron chi connectivity index (χ3n) is 4.70. The van der Waals surface area contributed by atoms with Crippen LogP contribution in [0.5, 0.6) is 5.75 Å². The molecule has 0 saturated carbocycles. The van der Waals surface area contributed by atoms with E-state index >= 15 is 0 Å². The molecule has 1 atom stereocenters. The molecular weight excluding hydrogens is 352 g/mol. The SMILES string of the molecule is Cc1ccc(OC(C)CNC(=O)C2(n3cccn3)CCNCC2)cc1.Cl. The lowest BCUT2D eigenvalue weighted by molar-refractivity contribution is -0.132. The van der Waals surface area contributed by atoms with E-state index in [0.29, 0.717) is 6.54 Å². The van der Waals surface area contributed by atoms with E-state index in [1.54, 1.807) is 10.9 Å². The summed E-state index contributed by atoms with van der Waals surface area (Å²) in [6.45, 7) is 6.08. The summed E-state index contributed by atoms with van der Waals surface area (Å²) >= 11 is 0. The van der Waals surface area contributed by atoms with Crippen LogP contribution in [0.3, 0.4) is 0 Å². The zero-order valence-electron chi connectivity index (χ0n) is 15.3. The van der Waals surface area contributed by atoms with Crippen LogP contribution in [0.25, 0.3) is 0 Å². The summed E-state index contributed by atoms with van der Waals surface area (Å²) in [7, 11) is 0. The normalized spacial score (nSPS) is 17.0. The van der Waals surface area contributed by atoms with Gasteiger partial charge in [0.15, 0.2) is 0 Å². The third kappa shape index (κ3) is 4.56. The molecule has 1 aliphatic rings. The Kier molecular flexibility index (Phi) is 7.06. The van der Waals surface area contributed by atoms with Crippen molar-refractivity contribution in [2.75, 3.05) is 19.6 Å². The van der Waals surface area contributed by atoms with Gasteiger partial charge < -0.3 is 15.4 Å². The third-order valence-corrected chi connectivity index (χ3v) is 4.70. The van der Waals surface area contributed by atoms with Gasteiger partial charge in [-0.25, -0.2) is 0 Å². The van der Waals surface area contributed by atoms with Crippen molar-refractivity contribution in [3.63, 3.8) is 0 Å². The summed E-state index contributed by atoms with van der Waals surface area (Å²) in [6, 6.07) is 9.79. The van der Waals surface area contributed by atoms with E-state index in [0.717, 1.165) is 31.7 Å². The number of hydrogen-bond donors (Lipinski definition) is 2.